The maximum atomic E-state index is 15.3. The van der Waals surface area contributed by atoms with Crippen LogP contribution >= 0.6 is 11.3 Å². The van der Waals surface area contributed by atoms with Crippen molar-refractivity contribution in [1.29, 1.82) is 0 Å². The van der Waals surface area contributed by atoms with Gasteiger partial charge in [0.25, 0.3) is 11.8 Å². The highest BCUT2D eigenvalue weighted by Crippen LogP contribution is 2.49. The van der Waals surface area contributed by atoms with Crippen LogP contribution in [0.4, 0.5) is 24.5 Å². The van der Waals surface area contributed by atoms with Crippen molar-refractivity contribution in [2.75, 3.05) is 36.4 Å². The van der Waals surface area contributed by atoms with Crippen molar-refractivity contribution < 1.29 is 32.3 Å². The number of fused-ring (bicyclic) bond motifs is 2. The minimum atomic E-state index is -4.89. The van der Waals surface area contributed by atoms with Crippen LogP contribution in [0.2, 0.25) is 0 Å². The predicted molar refractivity (Wildman–Crippen MR) is 186 cm³/mol. The van der Waals surface area contributed by atoms with Crippen LogP contribution < -0.4 is 15.0 Å². The molecule has 3 aliphatic rings. The summed E-state index contributed by atoms with van der Waals surface area (Å²) in [6, 6.07) is 18.1. The zero-order chi connectivity index (χ0) is 36.0. The molecule has 2 saturated heterocycles. The molecule has 0 spiro atoms. The van der Waals surface area contributed by atoms with E-state index in [1.165, 1.54) is 34.6 Å². The lowest BCUT2D eigenvalue weighted by molar-refractivity contribution is -0.138. The van der Waals surface area contributed by atoms with Crippen molar-refractivity contribution in [1.82, 2.24) is 25.0 Å². The number of hydrogen-bond acceptors (Lipinski definition) is 10. The third-order valence-electron chi connectivity index (χ3n) is 9.56. The molecule has 52 heavy (non-hydrogen) atoms. The fraction of sp³-hybridized carbons (Fsp3) is 0.243. The predicted octanol–water partition coefficient (Wildman–Crippen LogP) is 6.15. The number of nitrogens with one attached hydrogen (secondary N) is 1. The van der Waals surface area contributed by atoms with Gasteiger partial charge < -0.3 is 15.0 Å². The van der Waals surface area contributed by atoms with Gasteiger partial charge in [0.15, 0.2) is 0 Å². The molecule has 15 heteroatoms. The maximum absolute atomic E-state index is 15.3. The number of benzene rings is 3. The molecule has 2 aromatic heterocycles. The number of amides is 3. The Kier molecular flexibility index (Phi) is 8.67. The lowest BCUT2D eigenvalue weighted by Gasteiger charge is -2.43. The first-order valence-electron chi connectivity index (χ1n) is 16.6. The molecule has 0 radical (unpaired) electrons. The van der Waals surface area contributed by atoms with Gasteiger partial charge in [0.2, 0.25) is 5.91 Å². The van der Waals surface area contributed by atoms with Gasteiger partial charge in [-0.05, 0) is 48.9 Å². The van der Waals surface area contributed by atoms with E-state index in [4.69, 9.17) is 4.74 Å². The van der Waals surface area contributed by atoms with Gasteiger partial charge in [-0.2, -0.15) is 23.4 Å². The molecular formula is C37H30F3N7O4S. The Morgan fingerprint density at radius 1 is 0.904 bits per heavy atom. The van der Waals surface area contributed by atoms with Crippen LogP contribution in [0.15, 0.2) is 90.6 Å². The quantitative estimate of drug-likeness (QED) is 0.188. The summed E-state index contributed by atoms with van der Waals surface area (Å²) >= 11 is 1.31. The summed E-state index contributed by atoms with van der Waals surface area (Å²) in [7, 11) is 0. The van der Waals surface area contributed by atoms with Crippen molar-refractivity contribution in [2.24, 2.45) is 0 Å². The van der Waals surface area contributed by atoms with Gasteiger partial charge in [-0.3, -0.25) is 24.2 Å². The maximum Gasteiger partial charge on any atom is 0.422 e. The molecule has 0 saturated carbocycles. The van der Waals surface area contributed by atoms with Gasteiger partial charge in [-0.1, -0.05) is 30.3 Å². The highest BCUT2D eigenvalue weighted by molar-refractivity contribution is 7.13. The Morgan fingerprint density at radius 2 is 1.65 bits per heavy atom. The third-order valence-corrected chi connectivity index (χ3v) is 10.5. The van der Waals surface area contributed by atoms with E-state index in [1.807, 2.05) is 0 Å². The third kappa shape index (κ3) is 6.26. The number of carbonyl (C=O) groups is 3. The standard InChI is InChI=1S/C37H30F3N7O4S/c38-37(39,40)32-30(51-24-6-2-1-3-7-24)11-10-27(44-31(48)18-23-21-52-34(43-23)22-12-14-41-42-19-22)33(32)46-17-16-45-15-13-28(29(45)20-46)47-35(49)25-8-4-5-9-26(25)36(47)50/h1-12,14,19,21,28-29H,13,15-18,20H2,(H,44,48)/t28-,29+/m1/s1. The molecule has 2 atom stereocenters. The Bertz CT molecular complexity index is 2130. The van der Waals surface area contributed by atoms with E-state index in [2.05, 4.69) is 25.4 Å². The molecule has 8 rings (SSSR count). The minimum Gasteiger partial charge on any atom is -0.457 e. The first kappa shape index (κ1) is 33.5. The van der Waals surface area contributed by atoms with Crippen molar-refractivity contribution in [2.45, 2.75) is 31.1 Å². The number of carbonyl (C=O) groups excluding carboxylic acids is 3. The van der Waals surface area contributed by atoms with E-state index >= 15 is 13.2 Å². The molecule has 1 N–H and O–H groups in total. The number of para-hydroxylation sites is 1. The van der Waals surface area contributed by atoms with Crippen LogP contribution in [-0.4, -0.2) is 81.0 Å². The zero-order valence-electron chi connectivity index (χ0n) is 27.4. The highest BCUT2D eigenvalue weighted by atomic mass is 32.1. The second-order valence-electron chi connectivity index (χ2n) is 12.7. The molecular weight excluding hydrogens is 696 g/mol. The molecule has 5 aromatic rings. The Hall–Kier alpha value is -5.67. The molecule has 0 aliphatic carbocycles. The number of hydrogen-bond donors (Lipinski definition) is 1. The van der Waals surface area contributed by atoms with E-state index in [0.717, 1.165) is 5.56 Å². The van der Waals surface area contributed by atoms with Gasteiger partial charge >= 0.3 is 6.18 Å². The normalized spacial score (nSPS) is 18.8. The zero-order valence-corrected chi connectivity index (χ0v) is 28.2. The highest BCUT2D eigenvalue weighted by Gasteiger charge is 2.49. The molecule has 3 aromatic carbocycles. The summed E-state index contributed by atoms with van der Waals surface area (Å²) in [5.74, 6) is -1.58. The number of anilines is 2. The Balaban J connectivity index is 1.13. The van der Waals surface area contributed by atoms with Crippen LogP contribution in [0.5, 0.6) is 11.5 Å². The largest absolute Gasteiger partial charge is 0.457 e. The van der Waals surface area contributed by atoms with Crippen LogP contribution in [0.3, 0.4) is 0 Å². The van der Waals surface area contributed by atoms with Crippen molar-refractivity contribution >= 4 is 40.4 Å². The first-order valence-corrected chi connectivity index (χ1v) is 17.5. The molecule has 5 heterocycles. The number of alkyl halides is 3. The summed E-state index contributed by atoms with van der Waals surface area (Å²) in [6.45, 7) is 1.22. The van der Waals surface area contributed by atoms with E-state index in [-0.39, 0.29) is 36.6 Å². The lowest BCUT2D eigenvalue weighted by atomic mass is 10.0. The summed E-state index contributed by atoms with van der Waals surface area (Å²) in [4.78, 5) is 49.9. The summed E-state index contributed by atoms with van der Waals surface area (Å²) in [5.41, 5.74) is 0.470. The van der Waals surface area contributed by atoms with Gasteiger partial charge in [0.05, 0.1) is 53.1 Å². The van der Waals surface area contributed by atoms with Gasteiger partial charge in [-0.15, -0.1) is 11.3 Å². The number of rotatable bonds is 8. The van der Waals surface area contributed by atoms with Crippen molar-refractivity contribution in [3.8, 4) is 22.1 Å². The molecule has 2 fully saturated rings. The first-order chi connectivity index (χ1) is 25.2. The second kappa shape index (κ2) is 13.5. The molecule has 0 unspecified atom stereocenters. The van der Waals surface area contributed by atoms with E-state index < -0.39 is 47.3 Å². The fourth-order valence-corrected chi connectivity index (χ4v) is 8.08. The lowest BCUT2D eigenvalue weighted by Crippen LogP contribution is -2.57. The topological polar surface area (TPSA) is 121 Å². The molecule has 0 bridgehead atoms. The monoisotopic (exact) mass is 725 g/mol. The molecule has 264 valence electrons. The number of imide groups is 1. The van der Waals surface area contributed by atoms with Crippen LogP contribution in [0.1, 0.15) is 38.4 Å². The number of halogens is 3. The molecule has 3 aliphatic heterocycles. The number of thiazole rings is 1. The molecule has 3 amide bonds. The fourth-order valence-electron chi connectivity index (χ4n) is 7.27. The van der Waals surface area contributed by atoms with Crippen LogP contribution in [0, 0.1) is 0 Å². The SMILES string of the molecule is O=C(Cc1csc(-c2ccnnc2)n1)Nc1ccc(Oc2ccccc2)c(C(F)(F)F)c1N1CCN2CC[C@@H](N3C(=O)c4ccccc4C3=O)[C@@H]2C1. The van der Waals surface area contributed by atoms with Gasteiger partial charge in [0.1, 0.15) is 22.1 Å². The van der Waals surface area contributed by atoms with Crippen molar-refractivity contribution in [3.05, 3.63) is 113 Å². The Morgan fingerprint density at radius 3 is 2.37 bits per heavy atom. The minimum absolute atomic E-state index is 0.0461. The van der Waals surface area contributed by atoms with E-state index in [9.17, 15) is 14.4 Å². The average molecular weight is 726 g/mol. The average Bonchev–Trinajstić information content (AvgIpc) is 3.85. The summed E-state index contributed by atoms with van der Waals surface area (Å²) in [6.07, 6.45) is -1.51. The number of piperazine rings is 1. The van der Waals surface area contributed by atoms with E-state index in [1.54, 1.807) is 77.1 Å². The number of nitrogens with zero attached hydrogens (tertiary/aromatic N) is 6. The Labute approximate surface area is 299 Å². The van der Waals surface area contributed by atoms with Crippen molar-refractivity contribution in [3.63, 3.8) is 0 Å². The molecule has 11 nitrogen and oxygen atoms in total. The summed E-state index contributed by atoms with van der Waals surface area (Å²) < 4.78 is 51.7. The van der Waals surface area contributed by atoms with Crippen LogP contribution in [-0.2, 0) is 17.4 Å². The number of aromatic nitrogens is 3. The smallest absolute Gasteiger partial charge is 0.422 e. The van der Waals surface area contributed by atoms with E-state index in [0.29, 0.717) is 41.3 Å². The summed E-state index contributed by atoms with van der Waals surface area (Å²) in [5, 5.41) is 12.7. The van der Waals surface area contributed by atoms with Gasteiger partial charge in [-0.25, -0.2) is 4.98 Å². The van der Waals surface area contributed by atoms with Gasteiger partial charge in [0, 0.05) is 43.2 Å². The number of ether oxygens (including phenoxy) is 1. The second-order valence-corrected chi connectivity index (χ2v) is 13.5. The van der Waals surface area contributed by atoms with Crippen LogP contribution in [0.25, 0.3) is 10.6 Å².